The van der Waals surface area contributed by atoms with Crippen LogP contribution >= 0.6 is 11.6 Å². The van der Waals surface area contributed by atoms with Gasteiger partial charge in [-0.2, -0.15) is 0 Å². The maximum Gasteiger partial charge on any atom is 0.412 e. The summed E-state index contributed by atoms with van der Waals surface area (Å²) in [5, 5.41) is 17.6. The Bertz CT molecular complexity index is 1430. The lowest BCUT2D eigenvalue weighted by Gasteiger charge is -2.35. The van der Waals surface area contributed by atoms with Crippen molar-refractivity contribution in [2.24, 2.45) is 0 Å². The fourth-order valence-electron chi connectivity index (χ4n) is 4.94. The molecule has 4 N–H and O–H groups in total. The molecule has 2 heterocycles. The molecule has 2 aliphatic heterocycles. The summed E-state index contributed by atoms with van der Waals surface area (Å²) in [6.45, 7) is 0.418. The summed E-state index contributed by atoms with van der Waals surface area (Å²) in [5.74, 6) is -1.41. The zero-order valence-corrected chi connectivity index (χ0v) is 21.4. The number of carbonyl (C=O) groups is 4. The summed E-state index contributed by atoms with van der Waals surface area (Å²) in [5.41, 5.74) is 1.53. The first-order chi connectivity index (χ1) is 18.7. The first-order valence-corrected chi connectivity index (χ1v) is 12.6. The Morgan fingerprint density at radius 2 is 1.82 bits per heavy atom. The summed E-state index contributed by atoms with van der Waals surface area (Å²) in [6.07, 6.45) is 0.00391. The number of nitrogens with zero attached hydrogens (tertiary/aromatic N) is 1. The van der Waals surface area contributed by atoms with Gasteiger partial charge in [0.25, 0.3) is 0 Å². The van der Waals surface area contributed by atoms with Crippen LogP contribution < -0.4 is 16.0 Å². The van der Waals surface area contributed by atoms with Gasteiger partial charge in [0.15, 0.2) is 5.60 Å². The van der Waals surface area contributed by atoms with Crippen molar-refractivity contribution in [1.82, 2.24) is 10.2 Å². The first kappa shape index (κ1) is 26.1. The first-order valence-electron chi connectivity index (χ1n) is 12.3. The molecule has 0 saturated carbocycles. The summed E-state index contributed by atoms with van der Waals surface area (Å²) in [7, 11) is 0. The molecule has 0 radical (unpaired) electrons. The molecule has 1 fully saturated rings. The molecule has 0 bridgehead atoms. The third-order valence-corrected chi connectivity index (χ3v) is 7.05. The number of rotatable bonds is 6. The molecule has 1 spiro atoms. The van der Waals surface area contributed by atoms with Gasteiger partial charge in [0.2, 0.25) is 5.91 Å². The molecule has 2 atom stereocenters. The minimum Gasteiger partial charge on any atom is -0.478 e. The maximum atomic E-state index is 13.8. The summed E-state index contributed by atoms with van der Waals surface area (Å²) >= 11 is 6.23. The van der Waals surface area contributed by atoms with Gasteiger partial charge in [0.05, 0.1) is 17.8 Å². The summed E-state index contributed by atoms with van der Waals surface area (Å²) in [4.78, 5) is 51.7. The van der Waals surface area contributed by atoms with Crippen LogP contribution in [0.5, 0.6) is 0 Å². The van der Waals surface area contributed by atoms with Crippen LogP contribution in [0.25, 0.3) is 0 Å². The predicted octanol–water partition coefficient (Wildman–Crippen LogP) is 4.46. The van der Waals surface area contributed by atoms with Crippen LogP contribution in [-0.2, 0) is 21.6 Å². The highest BCUT2D eigenvalue weighted by Gasteiger charge is 2.49. The number of benzene rings is 3. The molecular formula is C28H25ClN4O6. The monoisotopic (exact) mass is 548 g/mol. The average Bonchev–Trinajstić information content (AvgIpc) is 3.33. The minimum absolute atomic E-state index is 0.0857. The van der Waals surface area contributed by atoms with E-state index in [-0.39, 0.29) is 24.4 Å². The Morgan fingerprint density at radius 1 is 1.08 bits per heavy atom. The zero-order chi connectivity index (χ0) is 27.6. The van der Waals surface area contributed by atoms with Gasteiger partial charge in [-0.15, -0.1) is 0 Å². The number of urea groups is 1. The van der Waals surface area contributed by atoms with Crippen LogP contribution in [0.1, 0.15) is 27.9 Å². The second-order valence-corrected chi connectivity index (χ2v) is 9.87. The lowest BCUT2D eigenvalue weighted by atomic mass is 9.90. The van der Waals surface area contributed by atoms with Crippen LogP contribution in [0, 0.1) is 0 Å². The lowest BCUT2D eigenvalue weighted by Crippen LogP contribution is -2.51. The number of carbonyl (C=O) groups excluding carboxylic acids is 3. The van der Waals surface area contributed by atoms with E-state index in [0.717, 1.165) is 5.56 Å². The van der Waals surface area contributed by atoms with Crippen LogP contribution in [0.15, 0.2) is 72.8 Å². The molecule has 39 heavy (non-hydrogen) atoms. The van der Waals surface area contributed by atoms with Crippen molar-refractivity contribution in [2.45, 2.75) is 24.5 Å². The van der Waals surface area contributed by atoms with Crippen molar-refractivity contribution < 1.29 is 29.0 Å². The summed E-state index contributed by atoms with van der Waals surface area (Å²) < 4.78 is 5.74. The van der Waals surface area contributed by atoms with E-state index in [4.69, 9.17) is 21.4 Å². The molecule has 0 aliphatic carbocycles. The van der Waals surface area contributed by atoms with E-state index in [1.165, 1.54) is 24.3 Å². The Labute approximate surface area is 228 Å². The average molecular weight is 549 g/mol. The van der Waals surface area contributed by atoms with Gasteiger partial charge in [-0.1, -0.05) is 41.9 Å². The second-order valence-electron chi connectivity index (χ2n) is 9.43. The van der Waals surface area contributed by atoms with Gasteiger partial charge in [-0.3, -0.25) is 10.1 Å². The van der Waals surface area contributed by atoms with Gasteiger partial charge in [-0.25, -0.2) is 14.4 Å². The quantitative estimate of drug-likeness (QED) is 0.359. The second kappa shape index (κ2) is 10.7. The van der Waals surface area contributed by atoms with E-state index < -0.39 is 29.7 Å². The highest BCUT2D eigenvalue weighted by molar-refractivity contribution is 6.30. The molecule has 200 valence electrons. The number of ether oxygens (including phenoxy) is 1. The van der Waals surface area contributed by atoms with E-state index in [2.05, 4.69) is 16.0 Å². The van der Waals surface area contributed by atoms with E-state index in [9.17, 15) is 19.2 Å². The number of anilines is 2. The smallest absolute Gasteiger partial charge is 0.412 e. The van der Waals surface area contributed by atoms with Gasteiger partial charge in [0.1, 0.15) is 6.04 Å². The molecule has 4 amide bonds. The Kier molecular flexibility index (Phi) is 7.12. The van der Waals surface area contributed by atoms with Crippen LogP contribution in [0.2, 0.25) is 5.02 Å². The van der Waals surface area contributed by atoms with E-state index in [0.29, 0.717) is 34.9 Å². The highest BCUT2D eigenvalue weighted by Crippen LogP contribution is 2.43. The van der Waals surface area contributed by atoms with Crippen molar-refractivity contribution in [3.05, 3.63) is 94.5 Å². The number of halogens is 1. The predicted molar refractivity (Wildman–Crippen MR) is 144 cm³/mol. The third-order valence-electron chi connectivity index (χ3n) is 6.82. The zero-order valence-electron chi connectivity index (χ0n) is 20.6. The van der Waals surface area contributed by atoms with Gasteiger partial charge in [0, 0.05) is 35.7 Å². The van der Waals surface area contributed by atoms with Crippen molar-refractivity contribution in [2.75, 3.05) is 23.7 Å². The third kappa shape index (κ3) is 5.65. The fourth-order valence-corrected chi connectivity index (χ4v) is 5.11. The molecule has 2 aliphatic rings. The number of likely N-dealkylation sites (tertiary alicyclic amines) is 1. The number of carboxylic acid groups (broad SMARTS) is 1. The van der Waals surface area contributed by atoms with Gasteiger partial charge >= 0.3 is 18.1 Å². The Balaban J connectivity index is 1.35. The largest absolute Gasteiger partial charge is 0.478 e. The number of nitrogens with one attached hydrogen (secondary N) is 3. The molecule has 0 aromatic heterocycles. The van der Waals surface area contributed by atoms with Crippen molar-refractivity contribution >= 4 is 47.0 Å². The normalized spacial score (nSPS) is 18.5. The van der Waals surface area contributed by atoms with Gasteiger partial charge in [-0.05, 0) is 48.0 Å². The maximum absolute atomic E-state index is 13.8. The highest BCUT2D eigenvalue weighted by atomic mass is 35.5. The van der Waals surface area contributed by atoms with Crippen molar-refractivity contribution in [3.63, 3.8) is 0 Å². The molecule has 5 rings (SSSR count). The fraction of sp³-hybridized carbons (Fsp3) is 0.214. The number of amides is 4. The molecule has 1 unspecified atom stereocenters. The van der Waals surface area contributed by atoms with Crippen LogP contribution in [0.3, 0.4) is 0 Å². The number of carboxylic acids is 1. The number of hydrogen-bond acceptors (Lipinski definition) is 5. The minimum atomic E-state index is -1.08. The Morgan fingerprint density at radius 3 is 2.54 bits per heavy atom. The summed E-state index contributed by atoms with van der Waals surface area (Å²) in [6, 6.07) is 18.5. The molecule has 3 aromatic carbocycles. The molecular weight excluding hydrogens is 524 g/mol. The van der Waals surface area contributed by atoms with Gasteiger partial charge < -0.3 is 25.4 Å². The Hall–Kier alpha value is -4.57. The van der Waals surface area contributed by atoms with E-state index in [1.54, 1.807) is 23.1 Å². The van der Waals surface area contributed by atoms with E-state index >= 15 is 0 Å². The number of fused-ring (bicyclic) bond motifs is 2. The topological polar surface area (TPSA) is 137 Å². The molecule has 11 heteroatoms. The van der Waals surface area contributed by atoms with Crippen LogP contribution in [0.4, 0.5) is 21.0 Å². The van der Waals surface area contributed by atoms with Crippen LogP contribution in [-0.4, -0.2) is 53.1 Å². The molecule has 3 aromatic rings. The SMILES string of the molecule is O=C(Nc1ccc(C(=O)O)cc1)N[C@@H](Cc1ccccc1)C(=O)N1CCC2(C1)OC(=O)Nc1ccc(Cl)cc12. The van der Waals surface area contributed by atoms with Crippen molar-refractivity contribution in [1.29, 1.82) is 0 Å². The molecule has 1 saturated heterocycles. The molecule has 10 nitrogen and oxygen atoms in total. The van der Waals surface area contributed by atoms with Crippen molar-refractivity contribution in [3.8, 4) is 0 Å². The standard InChI is InChI=1S/C28H25ClN4O6/c29-19-8-11-22-21(15-19)28(39-27(38)32-22)12-13-33(16-28)24(34)23(14-17-4-2-1-3-5-17)31-26(37)30-20-9-6-18(7-10-20)25(35)36/h1-11,15,23H,12-14,16H2,(H,32,38)(H,35,36)(H2,30,31,37)/t23-,28?/m0/s1. The lowest BCUT2D eigenvalue weighted by molar-refractivity contribution is -0.133. The van der Waals surface area contributed by atoms with E-state index in [1.807, 2.05) is 30.3 Å². The number of aromatic carboxylic acids is 1. The number of hydrogen-bond donors (Lipinski definition) is 4.